The number of ether oxygens (including phenoxy) is 1. The Morgan fingerprint density at radius 1 is 1.18 bits per heavy atom. The topological polar surface area (TPSA) is 127 Å². The fraction of sp³-hybridized carbons (Fsp3) is 0.167. The molecule has 10 heteroatoms. The van der Waals surface area contributed by atoms with Gasteiger partial charge in [0, 0.05) is 6.07 Å². The van der Waals surface area contributed by atoms with E-state index in [4.69, 9.17) is 4.74 Å². The van der Waals surface area contributed by atoms with Crippen molar-refractivity contribution in [2.75, 3.05) is 7.11 Å². The molecular formula is C18H16N4O5S. The number of aryl methyl sites for hydroxylation is 2. The number of phenolic OH excluding ortho intramolecular Hbond substituents is 1. The van der Waals surface area contributed by atoms with Gasteiger partial charge in [-0.15, -0.1) is 5.10 Å². The zero-order valence-corrected chi connectivity index (χ0v) is 16.0. The lowest BCUT2D eigenvalue weighted by Gasteiger charge is -2.08. The average Bonchev–Trinajstić information content (AvgIpc) is 3.05. The average molecular weight is 400 g/mol. The van der Waals surface area contributed by atoms with Gasteiger partial charge in [-0.1, -0.05) is 22.9 Å². The normalized spacial score (nSPS) is 12.0. The van der Waals surface area contributed by atoms with E-state index in [1.165, 1.54) is 29.8 Å². The molecule has 0 aliphatic heterocycles. The number of phenols is 1. The smallest absolute Gasteiger partial charge is 0.259 e. The van der Waals surface area contributed by atoms with E-state index in [0.717, 1.165) is 5.56 Å². The van der Waals surface area contributed by atoms with Gasteiger partial charge in [-0.05, 0) is 31.5 Å². The summed E-state index contributed by atoms with van der Waals surface area (Å²) in [5, 5.41) is 17.6. The van der Waals surface area contributed by atoms with E-state index < -0.39 is 15.4 Å². The van der Waals surface area contributed by atoms with Gasteiger partial charge in [0.2, 0.25) is 14.9 Å². The summed E-state index contributed by atoms with van der Waals surface area (Å²) in [4.78, 5) is 15.1. The largest absolute Gasteiger partial charge is 0.504 e. The second kappa shape index (κ2) is 6.06. The van der Waals surface area contributed by atoms with Crippen LogP contribution in [0.1, 0.15) is 11.1 Å². The van der Waals surface area contributed by atoms with Crippen LogP contribution in [0.2, 0.25) is 0 Å². The number of rotatable bonds is 3. The maximum atomic E-state index is 13.1. The van der Waals surface area contributed by atoms with Crippen LogP contribution in [-0.4, -0.2) is 40.4 Å². The number of nitrogens with one attached hydrogen (secondary N) is 1. The molecule has 0 amide bonds. The van der Waals surface area contributed by atoms with E-state index in [2.05, 4.69) is 15.3 Å². The van der Waals surface area contributed by atoms with Crippen molar-refractivity contribution in [3.63, 3.8) is 0 Å². The number of aromatic nitrogens is 4. The van der Waals surface area contributed by atoms with Gasteiger partial charge >= 0.3 is 0 Å². The number of aromatic amines is 1. The van der Waals surface area contributed by atoms with Crippen molar-refractivity contribution in [1.82, 2.24) is 19.8 Å². The van der Waals surface area contributed by atoms with Crippen molar-refractivity contribution in [1.29, 1.82) is 0 Å². The number of nitrogens with zero attached hydrogens (tertiary/aromatic N) is 3. The van der Waals surface area contributed by atoms with Crippen molar-refractivity contribution in [2.45, 2.75) is 23.8 Å². The summed E-state index contributed by atoms with van der Waals surface area (Å²) in [5.74, 6) is -0.100. The number of sulfone groups is 1. The van der Waals surface area contributed by atoms with Crippen molar-refractivity contribution in [3.05, 3.63) is 51.8 Å². The lowest BCUT2D eigenvalue weighted by Crippen LogP contribution is -2.12. The summed E-state index contributed by atoms with van der Waals surface area (Å²) < 4.78 is 32.5. The number of benzene rings is 2. The van der Waals surface area contributed by atoms with Crippen molar-refractivity contribution < 1.29 is 18.3 Å². The molecule has 0 radical (unpaired) electrons. The van der Waals surface area contributed by atoms with Gasteiger partial charge in [0.05, 0.1) is 22.9 Å². The molecule has 0 aliphatic rings. The molecule has 0 saturated carbocycles. The molecule has 0 unspecified atom stereocenters. The molecule has 2 aromatic carbocycles. The van der Waals surface area contributed by atoms with Crippen molar-refractivity contribution in [2.24, 2.45) is 0 Å². The number of hydrogen-bond donors (Lipinski definition) is 2. The van der Waals surface area contributed by atoms with E-state index >= 15 is 0 Å². The van der Waals surface area contributed by atoms with E-state index in [0.29, 0.717) is 5.56 Å². The van der Waals surface area contributed by atoms with Crippen LogP contribution < -0.4 is 10.3 Å². The minimum atomic E-state index is -4.03. The third-order valence-electron chi connectivity index (χ3n) is 4.52. The molecule has 4 aromatic rings. The first kappa shape index (κ1) is 18.0. The predicted octanol–water partition coefficient (Wildman–Crippen LogP) is 1.73. The van der Waals surface area contributed by atoms with Gasteiger partial charge in [-0.3, -0.25) is 4.79 Å². The highest BCUT2D eigenvalue weighted by Gasteiger charge is 2.28. The lowest BCUT2D eigenvalue weighted by atomic mass is 10.2. The van der Waals surface area contributed by atoms with Crippen LogP contribution in [0.25, 0.3) is 16.6 Å². The summed E-state index contributed by atoms with van der Waals surface area (Å²) >= 11 is 0. The van der Waals surface area contributed by atoms with E-state index in [1.54, 1.807) is 19.1 Å². The molecule has 9 nitrogen and oxygen atoms in total. The number of methoxy groups -OCH3 is 1. The molecule has 144 valence electrons. The molecule has 0 aliphatic carbocycles. The van der Waals surface area contributed by atoms with Crippen molar-refractivity contribution in [3.8, 4) is 11.5 Å². The minimum absolute atomic E-state index is 0.0814. The van der Waals surface area contributed by atoms with Gasteiger partial charge in [0.15, 0.2) is 17.1 Å². The van der Waals surface area contributed by atoms with Crippen LogP contribution in [-0.2, 0) is 9.84 Å². The van der Waals surface area contributed by atoms with Gasteiger partial charge < -0.3 is 14.8 Å². The molecule has 28 heavy (non-hydrogen) atoms. The summed E-state index contributed by atoms with van der Waals surface area (Å²) in [6.07, 6.45) is 0. The second-order valence-corrected chi connectivity index (χ2v) is 8.26. The molecular weight excluding hydrogens is 384 g/mol. The fourth-order valence-corrected chi connectivity index (χ4v) is 4.66. The second-order valence-electron chi connectivity index (χ2n) is 6.42. The zero-order chi connectivity index (χ0) is 20.2. The maximum absolute atomic E-state index is 13.1. The molecule has 2 aromatic heterocycles. The monoisotopic (exact) mass is 400 g/mol. The Hall–Kier alpha value is -3.40. The standard InChI is InChI=1S/C18H16N4O5S/c1-9-4-5-15(10(2)6-9)28(25,26)18-16-19-17(24)11-7-14(27-3)13(23)8-12(11)22(16)21-20-18/h4-8,23H,1-3H3,(H,19,24). The first-order chi connectivity index (χ1) is 13.2. The minimum Gasteiger partial charge on any atom is -0.504 e. The Bertz CT molecular complexity index is 1420. The summed E-state index contributed by atoms with van der Waals surface area (Å²) in [6, 6.07) is 7.57. The van der Waals surface area contributed by atoms with E-state index in [9.17, 15) is 18.3 Å². The highest BCUT2D eigenvalue weighted by atomic mass is 32.2. The summed E-state index contributed by atoms with van der Waals surface area (Å²) in [7, 11) is -2.67. The Morgan fingerprint density at radius 3 is 2.61 bits per heavy atom. The lowest BCUT2D eigenvalue weighted by molar-refractivity contribution is 0.374. The molecule has 0 atom stereocenters. The van der Waals surface area contributed by atoms with E-state index in [-0.39, 0.29) is 38.0 Å². The SMILES string of the molecule is COc1cc2c(=O)[nH]c3c(S(=O)(=O)c4ccc(C)cc4C)nnn3c2cc1O. The molecule has 2 N–H and O–H groups in total. The van der Waals surface area contributed by atoms with E-state index in [1.807, 2.05) is 6.92 Å². The Morgan fingerprint density at radius 2 is 1.93 bits per heavy atom. The van der Waals surface area contributed by atoms with Crippen molar-refractivity contribution >= 4 is 26.4 Å². The molecule has 0 fully saturated rings. The third-order valence-corrected chi connectivity index (χ3v) is 6.34. The quantitative estimate of drug-likeness (QED) is 0.536. The molecule has 0 spiro atoms. The van der Waals surface area contributed by atoms with Crippen LogP contribution in [0.3, 0.4) is 0 Å². The van der Waals surface area contributed by atoms with Crippen LogP contribution in [0, 0.1) is 13.8 Å². The number of hydrogen-bond acceptors (Lipinski definition) is 7. The molecule has 2 heterocycles. The van der Waals surface area contributed by atoms with Crippen LogP contribution in [0.15, 0.2) is 45.0 Å². The number of fused-ring (bicyclic) bond motifs is 3. The molecule has 0 bridgehead atoms. The van der Waals surface area contributed by atoms with Gasteiger partial charge in [-0.25, -0.2) is 8.42 Å². The summed E-state index contributed by atoms with van der Waals surface area (Å²) in [5.41, 5.74) is 1.05. The zero-order valence-electron chi connectivity index (χ0n) is 15.2. The fourth-order valence-electron chi connectivity index (χ4n) is 3.18. The van der Waals surface area contributed by atoms with Gasteiger partial charge in [0.25, 0.3) is 5.56 Å². The Kier molecular flexibility index (Phi) is 3.89. The van der Waals surface area contributed by atoms with Crippen LogP contribution in [0.4, 0.5) is 0 Å². The first-order valence-corrected chi connectivity index (χ1v) is 9.73. The van der Waals surface area contributed by atoms with Crippen LogP contribution >= 0.6 is 0 Å². The van der Waals surface area contributed by atoms with Gasteiger partial charge in [-0.2, -0.15) is 4.52 Å². The number of aromatic hydroxyl groups is 1. The predicted molar refractivity (Wildman–Crippen MR) is 101 cm³/mol. The summed E-state index contributed by atoms with van der Waals surface area (Å²) in [6.45, 7) is 3.55. The molecule has 0 saturated heterocycles. The highest BCUT2D eigenvalue weighted by Crippen LogP contribution is 2.31. The number of H-pyrrole nitrogens is 1. The molecule has 4 rings (SSSR count). The van der Waals surface area contributed by atoms with Crippen LogP contribution in [0.5, 0.6) is 11.5 Å². The maximum Gasteiger partial charge on any atom is 0.259 e. The highest BCUT2D eigenvalue weighted by molar-refractivity contribution is 7.91. The Labute approximate surface area is 159 Å². The third kappa shape index (κ3) is 2.53. The first-order valence-electron chi connectivity index (χ1n) is 8.25. The van der Waals surface area contributed by atoms with Gasteiger partial charge in [0.1, 0.15) is 0 Å². The Balaban J connectivity index is 2.05.